The first-order chi connectivity index (χ1) is 13.9. The lowest BCUT2D eigenvalue weighted by atomic mass is 9.76. The van der Waals surface area contributed by atoms with E-state index in [2.05, 4.69) is 10.6 Å². The van der Waals surface area contributed by atoms with Gasteiger partial charge < -0.3 is 10.6 Å². The van der Waals surface area contributed by atoms with Crippen LogP contribution in [-0.4, -0.2) is 29.3 Å². The minimum absolute atomic E-state index is 0.330. The lowest BCUT2D eigenvalue weighted by Gasteiger charge is -2.33. The van der Waals surface area contributed by atoms with Gasteiger partial charge in [0.1, 0.15) is 12.1 Å². The summed E-state index contributed by atoms with van der Waals surface area (Å²) in [5, 5.41) is 6.23. The molecule has 1 heterocycles. The highest BCUT2D eigenvalue weighted by Gasteiger charge is 2.54. The minimum Gasteiger partial charge on any atom is -0.348 e. The van der Waals surface area contributed by atoms with Crippen molar-refractivity contribution in [3.05, 3.63) is 70.2 Å². The normalized spacial score (nSPS) is 21.7. The second-order valence-corrected chi connectivity index (χ2v) is 7.96. The van der Waals surface area contributed by atoms with Gasteiger partial charge in [-0.1, -0.05) is 54.1 Å². The monoisotopic (exact) mass is 411 g/mol. The molecule has 0 unspecified atom stereocenters. The van der Waals surface area contributed by atoms with Gasteiger partial charge in [0, 0.05) is 5.02 Å². The molecule has 0 saturated carbocycles. The van der Waals surface area contributed by atoms with Crippen LogP contribution in [0, 0.1) is 0 Å². The molecule has 1 fully saturated rings. The molecule has 0 aromatic heterocycles. The summed E-state index contributed by atoms with van der Waals surface area (Å²) >= 11 is 6.18. The van der Waals surface area contributed by atoms with Gasteiger partial charge >= 0.3 is 6.03 Å². The molecular weight excluding hydrogens is 390 g/mol. The van der Waals surface area contributed by atoms with Crippen molar-refractivity contribution in [1.29, 1.82) is 0 Å². The van der Waals surface area contributed by atoms with Crippen LogP contribution in [0.5, 0.6) is 0 Å². The fourth-order valence-electron chi connectivity index (χ4n) is 4.29. The highest BCUT2D eigenvalue weighted by atomic mass is 35.5. The van der Waals surface area contributed by atoms with Crippen LogP contribution in [0.15, 0.2) is 48.5 Å². The third-order valence-corrected chi connectivity index (χ3v) is 6.05. The van der Waals surface area contributed by atoms with Crippen LogP contribution in [0.25, 0.3) is 0 Å². The van der Waals surface area contributed by atoms with Crippen LogP contribution >= 0.6 is 11.6 Å². The molecule has 2 N–H and O–H groups in total. The number of aryl methyl sites for hydroxylation is 1. The summed E-state index contributed by atoms with van der Waals surface area (Å²) in [4.78, 5) is 39.4. The van der Waals surface area contributed by atoms with Crippen molar-refractivity contribution in [3.8, 4) is 0 Å². The predicted octanol–water partition coefficient (Wildman–Crippen LogP) is 3.30. The summed E-state index contributed by atoms with van der Waals surface area (Å²) in [6, 6.07) is 14.0. The van der Waals surface area contributed by atoms with E-state index >= 15 is 0 Å². The summed E-state index contributed by atoms with van der Waals surface area (Å²) in [6.07, 6.45) is 2.20. The van der Waals surface area contributed by atoms with Crippen molar-refractivity contribution >= 4 is 29.4 Å². The number of nitrogens with zero attached hydrogens (tertiary/aromatic N) is 1. The Balaban J connectivity index is 1.51. The van der Waals surface area contributed by atoms with Gasteiger partial charge in [-0.05, 0) is 48.9 Å². The van der Waals surface area contributed by atoms with Gasteiger partial charge in [-0.25, -0.2) is 4.79 Å². The summed E-state index contributed by atoms with van der Waals surface area (Å²) in [6.45, 7) is 1.48. The van der Waals surface area contributed by atoms with E-state index in [9.17, 15) is 14.4 Å². The van der Waals surface area contributed by atoms with Crippen LogP contribution in [0.4, 0.5) is 4.79 Å². The maximum atomic E-state index is 13.2. The van der Waals surface area contributed by atoms with Crippen LogP contribution in [-0.2, 0) is 21.5 Å². The molecule has 6 nitrogen and oxygen atoms in total. The minimum atomic E-state index is -1.07. The Bertz CT molecular complexity index is 993. The van der Waals surface area contributed by atoms with E-state index < -0.39 is 17.5 Å². The first-order valence-electron chi connectivity index (χ1n) is 9.68. The molecule has 4 rings (SSSR count). The first-order valence-corrected chi connectivity index (χ1v) is 10.1. The molecule has 1 saturated heterocycles. The zero-order valence-corrected chi connectivity index (χ0v) is 16.8. The molecule has 1 spiro atoms. The number of halogens is 1. The number of fused-ring (bicyclic) bond motifs is 2. The van der Waals surface area contributed by atoms with E-state index in [0.717, 1.165) is 34.4 Å². The number of imide groups is 1. The van der Waals surface area contributed by atoms with Crippen LogP contribution in [0.3, 0.4) is 0 Å². The smallest absolute Gasteiger partial charge is 0.325 e. The van der Waals surface area contributed by atoms with E-state index in [1.54, 1.807) is 6.07 Å². The Labute approximate surface area is 174 Å². The highest BCUT2D eigenvalue weighted by molar-refractivity contribution is 6.31. The van der Waals surface area contributed by atoms with Gasteiger partial charge in [0.25, 0.3) is 5.91 Å². The fourth-order valence-corrected chi connectivity index (χ4v) is 4.59. The van der Waals surface area contributed by atoms with Gasteiger partial charge in [-0.3, -0.25) is 14.5 Å². The maximum absolute atomic E-state index is 13.2. The highest BCUT2D eigenvalue weighted by Crippen LogP contribution is 2.39. The zero-order valence-electron chi connectivity index (χ0n) is 16.1. The van der Waals surface area contributed by atoms with E-state index in [4.69, 9.17) is 11.6 Å². The molecule has 150 valence electrons. The number of amides is 4. The van der Waals surface area contributed by atoms with Gasteiger partial charge in [0.15, 0.2) is 0 Å². The second kappa shape index (κ2) is 7.52. The summed E-state index contributed by atoms with van der Waals surface area (Å²) in [5.74, 6) is -0.780. The van der Waals surface area contributed by atoms with Gasteiger partial charge in [-0.2, -0.15) is 0 Å². The summed E-state index contributed by atoms with van der Waals surface area (Å²) in [5.41, 5.74) is 1.60. The molecule has 4 amide bonds. The van der Waals surface area contributed by atoms with E-state index in [1.165, 1.54) is 0 Å². The average molecular weight is 412 g/mol. The number of carbonyl (C=O) groups is 3. The molecule has 2 aromatic rings. The number of nitrogens with one attached hydrogen (secondary N) is 2. The van der Waals surface area contributed by atoms with Crippen LogP contribution in [0.1, 0.15) is 42.5 Å². The van der Waals surface area contributed by atoms with Gasteiger partial charge in [0.05, 0.1) is 6.04 Å². The topological polar surface area (TPSA) is 78.5 Å². The Morgan fingerprint density at radius 2 is 1.93 bits per heavy atom. The zero-order chi connectivity index (χ0) is 20.6. The lowest BCUT2D eigenvalue weighted by molar-refractivity contribution is -0.135. The fraction of sp³-hybridized carbons (Fsp3) is 0.318. The standard InChI is InChI=1S/C22H22ClN3O3/c1-14(16-9-3-5-11-18(16)23)24-19(27)13-26-20(28)22(25-21(26)29)12-6-8-15-7-2-4-10-17(15)22/h2-5,7,9-11,14H,6,8,12-13H2,1H3,(H,24,27)(H,25,29)/t14-,22-/m0/s1. The average Bonchev–Trinajstić information content (AvgIpc) is 2.93. The molecule has 1 aliphatic carbocycles. The van der Waals surface area contributed by atoms with E-state index in [0.29, 0.717) is 11.4 Å². The lowest BCUT2D eigenvalue weighted by Crippen LogP contribution is -2.47. The molecule has 2 aromatic carbocycles. The molecule has 29 heavy (non-hydrogen) atoms. The SMILES string of the molecule is C[C@H](NC(=O)CN1C(=O)N[C@]2(CCCc3ccccc32)C1=O)c1ccccc1Cl. The molecule has 1 aliphatic heterocycles. The quantitative estimate of drug-likeness (QED) is 0.757. The Morgan fingerprint density at radius 3 is 2.72 bits per heavy atom. The van der Waals surface area contributed by atoms with Crippen molar-refractivity contribution in [3.63, 3.8) is 0 Å². The number of hydrogen-bond acceptors (Lipinski definition) is 3. The largest absolute Gasteiger partial charge is 0.348 e. The number of carbonyl (C=O) groups excluding carboxylic acids is 3. The number of benzene rings is 2. The second-order valence-electron chi connectivity index (χ2n) is 7.55. The molecule has 0 bridgehead atoms. The Morgan fingerprint density at radius 1 is 1.21 bits per heavy atom. The van der Waals surface area contributed by atoms with E-state index in [-0.39, 0.29) is 18.5 Å². The van der Waals surface area contributed by atoms with Gasteiger partial charge in [0.2, 0.25) is 5.91 Å². The number of rotatable bonds is 4. The predicted molar refractivity (Wildman–Crippen MR) is 109 cm³/mol. The van der Waals surface area contributed by atoms with Gasteiger partial charge in [-0.15, -0.1) is 0 Å². The van der Waals surface area contributed by atoms with Crippen molar-refractivity contribution in [2.24, 2.45) is 0 Å². The molecule has 2 aliphatic rings. The maximum Gasteiger partial charge on any atom is 0.325 e. The van der Waals surface area contributed by atoms with Crippen LogP contribution in [0.2, 0.25) is 5.02 Å². The summed E-state index contributed by atoms with van der Waals surface area (Å²) in [7, 11) is 0. The molecule has 2 atom stereocenters. The molecule has 0 radical (unpaired) electrons. The third-order valence-electron chi connectivity index (χ3n) is 5.70. The molecular formula is C22H22ClN3O3. The summed E-state index contributed by atoms with van der Waals surface area (Å²) < 4.78 is 0. The third kappa shape index (κ3) is 3.38. The Kier molecular flexibility index (Phi) is 5.04. The molecule has 7 heteroatoms. The first kappa shape index (κ1) is 19.5. The van der Waals surface area contributed by atoms with Crippen molar-refractivity contribution in [2.75, 3.05) is 6.54 Å². The van der Waals surface area contributed by atoms with Crippen molar-refractivity contribution < 1.29 is 14.4 Å². The number of urea groups is 1. The van der Waals surface area contributed by atoms with Crippen molar-refractivity contribution in [2.45, 2.75) is 37.8 Å². The number of hydrogen-bond donors (Lipinski definition) is 2. The van der Waals surface area contributed by atoms with E-state index in [1.807, 2.05) is 49.4 Å². The van der Waals surface area contributed by atoms with Crippen LogP contribution < -0.4 is 10.6 Å². The van der Waals surface area contributed by atoms with Crippen molar-refractivity contribution in [1.82, 2.24) is 15.5 Å². The Hall–Kier alpha value is -2.86.